The molecule has 2 aliphatic rings. The van der Waals surface area contributed by atoms with Crippen molar-refractivity contribution in [3.63, 3.8) is 0 Å². The molecular weight excluding hydrogens is 278 g/mol. The normalized spacial score (nSPS) is 31.5. The highest BCUT2D eigenvalue weighted by Gasteiger charge is 2.36. The zero-order chi connectivity index (χ0) is 15.7. The fraction of sp³-hybridized carbons (Fsp3) is 0.706. The molecule has 4 atom stereocenters. The lowest BCUT2D eigenvalue weighted by Gasteiger charge is -2.42. The van der Waals surface area contributed by atoms with Gasteiger partial charge in [0, 0.05) is 13.5 Å². The average molecular weight is 303 g/mol. The maximum Gasteiger partial charge on any atom is 0.177 e. The molecule has 1 saturated heterocycles. The predicted molar refractivity (Wildman–Crippen MR) is 83.6 cm³/mol. The maximum absolute atomic E-state index is 11.6. The van der Waals surface area contributed by atoms with Gasteiger partial charge in [0.2, 0.25) is 0 Å². The Bertz CT molecular complexity index is 566. The fourth-order valence-electron chi connectivity index (χ4n) is 4.17. The Morgan fingerprint density at radius 3 is 2.82 bits per heavy atom. The van der Waals surface area contributed by atoms with E-state index in [4.69, 9.17) is 0 Å². The van der Waals surface area contributed by atoms with Gasteiger partial charge in [-0.2, -0.15) is 0 Å². The Morgan fingerprint density at radius 2 is 2.09 bits per heavy atom. The van der Waals surface area contributed by atoms with E-state index in [1.807, 2.05) is 4.57 Å². The molecule has 2 heterocycles. The van der Waals surface area contributed by atoms with Crippen molar-refractivity contribution in [2.24, 2.45) is 17.8 Å². The van der Waals surface area contributed by atoms with Crippen LogP contribution in [0, 0.1) is 17.8 Å². The van der Waals surface area contributed by atoms with Gasteiger partial charge in [0.25, 0.3) is 0 Å². The van der Waals surface area contributed by atoms with Crippen molar-refractivity contribution >= 4 is 11.6 Å². The van der Waals surface area contributed by atoms with Crippen LogP contribution in [0.4, 0.5) is 0 Å². The van der Waals surface area contributed by atoms with E-state index in [9.17, 15) is 9.59 Å². The van der Waals surface area contributed by atoms with Gasteiger partial charge in [0.1, 0.15) is 11.5 Å². The summed E-state index contributed by atoms with van der Waals surface area (Å²) < 4.78 is 2.00. The number of nitrogens with one attached hydrogen (secondary N) is 1. The van der Waals surface area contributed by atoms with Crippen molar-refractivity contribution in [1.29, 1.82) is 0 Å². The number of Topliss-reactive ketones (excluding diaryl/α,β-unsaturated/α-hetero) is 2. The van der Waals surface area contributed by atoms with E-state index in [0.717, 1.165) is 25.9 Å². The van der Waals surface area contributed by atoms with Crippen LogP contribution in [0.1, 0.15) is 50.0 Å². The lowest BCUT2D eigenvalue weighted by molar-refractivity contribution is -0.120. The van der Waals surface area contributed by atoms with Crippen LogP contribution in [0.5, 0.6) is 0 Å². The van der Waals surface area contributed by atoms with Crippen molar-refractivity contribution < 1.29 is 9.59 Å². The topological polar surface area (TPSA) is 64.0 Å². The molecule has 0 spiro atoms. The zero-order valence-electron chi connectivity index (χ0n) is 13.4. The van der Waals surface area contributed by atoms with Crippen LogP contribution in [-0.2, 0) is 11.3 Å². The van der Waals surface area contributed by atoms with Gasteiger partial charge in [0.05, 0.1) is 18.6 Å². The van der Waals surface area contributed by atoms with E-state index >= 15 is 0 Å². The van der Waals surface area contributed by atoms with E-state index in [1.165, 1.54) is 12.8 Å². The first-order chi connectivity index (χ1) is 10.5. The van der Waals surface area contributed by atoms with Crippen LogP contribution in [0.3, 0.4) is 0 Å². The summed E-state index contributed by atoms with van der Waals surface area (Å²) >= 11 is 0. The summed E-state index contributed by atoms with van der Waals surface area (Å²) in [5.74, 6) is 2.26. The molecular formula is C17H25N3O2. The molecule has 0 bridgehead atoms. The highest BCUT2D eigenvalue weighted by atomic mass is 16.1. The van der Waals surface area contributed by atoms with Gasteiger partial charge < -0.3 is 9.88 Å². The summed E-state index contributed by atoms with van der Waals surface area (Å²) in [6.45, 7) is 5.12. The summed E-state index contributed by atoms with van der Waals surface area (Å²) in [4.78, 5) is 27.3. The second-order valence-corrected chi connectivity index (χ2v) is 6.99. The minimum Gasteiger partial charge on any atom is -0.328 e. The third-order valence-corrected chi connectivity index (χ3v) is 5.43. The lowest BCUT2D eigenvalue weighted by Crippen LogP contribution is -2.49. The first kappa shape index (κ1) is 15.4. The Hall–Kier alpha value is -1.49. The number of carbonyl (C=O) groups is 2. The van der Waals surface area contributed by atoms with Gasteiger partial charge in [-0.05, 0) is 56.9 Å². The smallest absolute Gasteiger partial charge is 0.177 e. The summed E-state index contributed by atoms with van der Waals surface area (Å²) in [6, 6.07) is 0.0426. The molecule has 1 aliphatic carbocycles. The Kier molecular flexibility index (Phi) is 4.43. The molecule has 1 N–H and O–H groups in total. The molecule has 3 rings (SSSR count). The van der Waals surface area contributed by atoms with Crippen molar-refractivity contribution in [2.45, 2.75) is 52.1 Å². The van der Waals surface area contributed by atoms with Crippen LogP contribution in [0.25, 0.3) is 0 Å². The Morgan fingerprint density at radius 1 is 1.27 bits per heavy atom. The Labute approximate surface area is 131 Å². The summed E-state index contributed by atoms with van der Waals surface area (Å²) in [7, 11) is 0. The van der Waals surface area contributed by atoms with Crippen LogP contribution in [0.2, 0.25) is 0 Å². The minimum absolute atomic E-state index is 0.0426. The first-order valence-electron chi connectivity index (χ1n) is 8.29. The molecule has 0 aromatic carbocycles. The highest BCUT2D eigenvalue weighted by Crippen LogP contribution is 2.39. The van der Waals surface area contributed by atoms with Crippen LogP contribution in [-0.4, -0.2) is 33.7 Å². The number of hydrogen-bond acceptors (Lipinski definition) is 4. The van der Waals surface area contributed by atoms with Gasteiger partial charge in [-0.25, -0.2) is 4.98 Å². The molecule has 1 aliphatic heterocycles. The van der Waals surface area contributed by atoms with Crippen molar-refractivity contribution in [3.05, 3.63) is 18.2 Å². The fourth-order valence-corrected chi connectivity index (χ4v) is 4.17. The standard InChI is InChI=1S/C17H25N3O2/c1-11(21)16-6-15-5-13(3-4-14(15)7-19-16)9-20-10-18-8-17(20)12(2)22/h8,10,13-16,19H,3-7,9H2,1-2H3/t13-,14-,15+,16-/m0/s1. The molecule has 120 valence electrons. The number of nitrogens with zero attached hydrogens (tertiary/aromatic N) is 2. The molecule has 5 nitrogen and oxygen atoms in total. The summed E-state index contributed by atoms with van der Waals surface area (Å²) in [6.07, 6.45) is 7.97. The average Bonchev–Trinajstić information content (AvgIpc) is 2.94. The van der Waals surface area contributed by atoms with Crippen LogP contribution in [0.15, 0.2) is 12.5 Å². The third kappa shape index (κ3) is 3.14. The third-order valence-electron chi connectivity index (χ3n) is 5.43. The largest absolute Gasteiger partial charge is 0.328 e. The quantitative estimate of drug-likeness (QED) is 0.865. The number of aromatic nitrogens is 2. The molecule has 0 unspecified atom stereocenters. The van der Waals surface area contributed by atoms with Crippen molar-refractivity contribution in [3.8, 4) is 0 Å². The number of imidazole rings is 1. The molecule has 2 fully saturated rings. The molecule has 5 heteroatoms. The van der Waals surface area contributed by atoms with E-state index in [1.54, 1.807) is 26.4 Å². The monoisotopic (exact) mass is 303 g/mol. The van der Waals surface area contributed by atoms with E-state index in [-0.39, 0.29) is 17.6 Å². The maximum atomic E-state index is 11.6. The first-order valence-corrected chi connectivity index (χ1v) is 8.29. The number of carbonyl (C=O) groups excluding carboxylic acids is 2. The van der Waals surface area contributed by atoms with Crippen molar-refractivity contribution in [1.82, 2.24) is 14.9 Å². The van der Waals surface area contributed by atoms with Gasteiger partial charge in [-0.15, -0.1) is 0 Å². The number of hydrogen-bond donors (Lipinski definition) is 1. The van der Waals surface area contributed by atoms with Gasteiger partial charge in [-0.3, -0.25) is 9.59 Å². The van der Waals surface area contributed by atoms with Gasteiger partial charge in [-0.1, -0.05) is 0 Å². The Balaban J connectivity index is 1.64. The molecule has 0 amide bonds. The van der Waals surface area contributed by atoms with Gasteiger partial charge >= 0.3 is 0 Å². The van der Waals surface area contributed by atoms with Crippen molar-refractivity contribution in [2.75, 3.05) is 6.54 Å². The highest BCUT2D eigenvalue weighted by molar-refractivity contribution is 5.92. The van der Waals surface area contributed by atoms with Gasteiger partial charge in [0.15, 0.2) is 5.78 Å². The molecule has 1 aromatic rings. The molecule has 1 saturated carbocycles. The zero-order valence-corrected chi connectivity index (χ0v) is 13.4. The van der Waals surface area contributed by atoms with E-state index < -0.39 is 0 Å². The summed E-state index contributed by atoms with van der Waals surface area (Å²) in [5, 5.41) is 3.39. The van der Waals surface area contributed by atoms with Crippen LogP contribution < -0.4 is 5.32 Å². The predicted octanol–water partition coefficient (Wildman–Crippen LogP) is 2.07. The van der Waals surface area contributed by atoms with E-state index in [0.29, 0.717) is 23.4 Å². The summed E-state index contributed by atoms with van der Waals surface area (Å²) in [5.41, 5.74) is 0.703. The van der Waals surface area contributed by atoms with E-state index in [2.05, 4.69) is 10.3 Å². The molecule has 0 radical (unpaired) electrons. The second-order valence-electron chi connectivity index (χ2n) is 6.99. The minimum atomic E-state index is 0.0426. The lowest BCUT2D eigenvalue weighted by atomic mass is 9.69. The number of fused-ring (bicyclic) bond motifs is 1. The van der Waals surface area contributed by atoms with Crippen LogP contribution >= 0.6 is 0 Å². The number of piperidine rings is 1. The molecule has 1 aromatic heterocycles. The SMILES string of the molecule is CC(=O)c1cncn1C[C@H]1CC[C@H]2CN[C@H](C(C)=O)C[C@H]2C1. The number of rotatable bonds is 4. The molecule has 22 heavy (non-hydrogen) atoms. The number of ketones is 2. The second kappa shape index (κ2) is 6.32.